The van der Waals surface area contributed by atoms with Crippen LogP contribution in [0.25, 0.3) is 11.5 Å². The van der Waals surface area contributed by atoms with Gasteiger partial charge >= 0.3 is 6.43 Å². The van der Waals surface area contributed by atoms with E-state index in [1.54, 1.807) is 48.5 Å². The van der Waals surface area contributed by atoms with Gasteiger partial charge in [-0.3, -0.25) is 4.31 Å². The molecule has 0 atom stereocenters. The summed E-state index contributed by atoms with van der Waals surface area (Å²) in [5.41, 5.74) is 1.73. The van der Waals surface area contributed by atoms with Crippen molar-refractivity contribution < 1.29 is 21.6 Å². The van der Waals surface area contributed by atoms with Gasteiger partial charge in [0.05, 0.1) is 24.1 Å². The van der Waals surface area contributed by atoms with Crippen LogP contribution in [0.2, 0.25) is 0 Å². The number of hydrogen-bond acceptors (Lipinski definition) is 7. The molecule has 0 amide bonds. The van der Waals surface area contributed by atoms with Crippen LogP contribution >= 0.6 is 0 Å². The van der Waals surface area contributed by atoms with Crippen LogP contribution in [0, 0.1) is 17.2 Å². The van der Waals surface area contributed by atoms with Crippen molar-refractivity contribution in [3.8, 4) is 17.5 Å². The van der Waals surface area contributed by atoms with Gasteiger partial charge in [0.2, 0.25) is 15.9 Å². The summed E-state index contributed by atoms with van der Waals surface area (Å²) in [6.07, 6.45) is -1.34. The average molecular weight is 502 g/mol. The lowest BCUT2D eigenvalue weighted by atomic mass is 9.99. The van der Waals surface area contributed by atoms with Gasteiger partial charge in [0.25, 0.3) is 5.89 Å². The van der Waals surface area contributed by atoms with Crippen molar-refractivity contribution in [1.82, 2.24) is 15.1 Å². The summed E-state index contributed by atoms with van der Waals surface area (Å²) < 4.78 is 58.6. The molecular weight excluding hydrogens is 476 g/mol. The molecule has 2 aromatic carbocycles. The topological polar surface area (TPSA) is 103 Å². The Labute approximate surface area is 202 Å². The molecule has 3 aromatic rings. The predicted molar refractivity (Wildman–Crippen MR) is 126 cm³/mol. The quantitative estimate of drug-likeness (QED) is 0.432. The molecule has 0 spiro atoms. The van der Waals surface area contributed by atoms with Crippen LogP contribution in [0.4, 0.5) is 14.5 Å². The van der Waals surface area contributed by atoms with Gasteiger partial charge in [-0.2, -0.15) is 14.0 Å². The van der Waals surface area contributed by atoms with E-state index < -0.39 is 22.3 Å². The minimum Gasteiger partial charge on any atom is -0.415 e. The fourth-order valence-electron chi connectivity index (χ4n) is 3.94. The molecule has 4 rings (SSSR count). The van der Waals surface area contributed by atoms with E-state index in [1.807, 2.05) is 6.07 Å². The number of hydrogen-bond donors (Lipinski definition) is 0. The average Bonchev–Trinajstić information content (AvgIpc) is 3.38. The molecular formula is C24H25F2N5O3S. The number of aromatic nitrogens is 2. The van der Waals surface area contributed by atoms with E-state index in [0.717, 1.165) is 12.8 Å². The maximum absolute atomic E-state index is 13.4. The monoisotopic (exact) mass is 501 g/mol. The molecule has 0 radical (unpaired) electrons. The Kier molecular flexibility index (Phi) is 7.73. The first-order valence-electron chi connectivity index (χ1n) is 11.2. The highest BCUT2D eigenvalue weighted by atomic mass is 32.2. The molecule has 1 aliphatic rings. The molecule has 0 saturated carbocycles. The SMILES string of the molecule is N#CC1CCN(CCS(=O)(=O)N(Cc2ccc(-c3nnc(C(F)F)o3)cc2)c2ccccc2)CC1. The molecule has 0 N–H and O–H groups in total. The maximum Gasteiger partial charge on any atom is 0.314 e. The summed E-state index contributed by atoms with van der Waals surface area (Å²) in [5, 5.41) is 16.0. The molecule has 8 nitrogen and oxygen atoms in total. The largest absolute Gasteiger partial charge is 0.415 e. The van der Waals surface area contributed by atoms with E-state index in [0.29, 0.717) is 36.4 Å². The van der Waals surface area contributed by atoms with Gasteiger partial charge in [-0.05, 0) is 55.8 Å². The third-order valence-electron chi connectivity index (χ3n) is 5.97. The molecule has 2 heterocycles. The molecule has 0 aliphatic carbocycles. The molecule has 1 fully saturated rings. The van der Waals surface area contributed by atoms with Crippen LogP contribution in [0.5, 0.6) is 0 Å². The second-order valence-corrected chi connectivity index (χ2v) is 10.4. The number of benzene rings is 2. The van der Waals surface area contributed by atoms with Gasteiger partial charge in [0.15, 0.2) is 0 Å². The number of para-hydroxylation sites is 1. The number of sulfonamides is 1. The van der Waals surface area contributed by atoms with Crippen molar-refractivity contribution in [3.05, 3.63) is 66.1 Å². The highest BCUT2D eigenvalue weighted by Crippen LogP contribution is 2.26. The van der Waals surface area contributed by atoms with Crippen LogP contribution in [0.3, 0.4) is 0 Å². The van der Waals surface area contributed by atoms with Gasteiger partial charge in [-0.15, -0.1) is 10.2 Å². The van der Waals surface area contributed by atoms with E-state index in [4.69, 9.17) is 9.68 Å². The van der Waals surface area contributed by atoms with Crippen molar-refractivity contribution in [3.63, 3.8) is 0 Å². The van der Waals surface area contributed by atoms with Gasteiger partial charge in [0.1, 0.15) is 0 Å². The first kappa shape index (κ1) is 24.8. The van der Waals surface area contributed by atoms with Crippen LogP contribution in [0.1, 0.15) is 30.7 Å². The molecule has 184 valence electrons. The second-order valence-electron chi connectivity index (χ2n) is 8.35. The summed E-state index contributed by atoms with van der Waals surface area (Å²) >= 11 is 0. The number of rotatable bonds is 9. The third kappa shape index (κ3) is 6.21. The number of likely N-dealkylation sites (tertiary alicyclic amines) is 1. The molecule has 0 bridgehead atoms. The Hall–Kier alpha value is -3.36. The van der Waals surface area contributed by atoms with Gasteiger partial charge in [0, 0.05) is 18.0 Å². The zero-order chi connectivity index (χ0) is 24.8. The first-order chi connectivity index (χ1) is 16.9. The third-order valence-corrected chi connectivity index (χ3v) is 7.68. The van der Waals surface area contributed by atoms with Crippen LogP contribution in [-0.2, 0) is 16.6 Å². The Balaban J connectivity index is 1.48. The van der Waals surface area contributed by atoms with E-state index in [9.17, 15) is 17.2 Å². The summed E-state index contributed by atoms with van der Waals surface area (Å²) in [6.45, 7) is 1.93. The number of alkyl halides is 2. The molecule has 1 saturated heterocycles. The highest BCUT2D eigenvalue weighted by Gasteiger charge is 2.26. The standard InChI is InChI=1S/C24H25F2N5O3S/c25-22(26)24-29-28-23(34-24)20-8-6-19(7-9-20)17-31(21-4-2-1-3-5-21)35(32,33)15-14-30-12-10-18(16-27)11-13-30/h1-9,18,22H,10-15,17H2. The lowest BCUT2D eigenvalue weighted by Crippen LogP contribution is -2.40. The van der Waals surface area contributed by atoms with Gasteiger partial charge in [-0.25, -0.2) is 8.42 Å². The Morgan fingerprint density at radius 2 is 1.77 bits per heavy atom. The second kappa shape index (κ2) is 10.9. The molecule has 1 aliphatic heterocycles. The lowest BCUT2D eigenvalue weighted by molar-refractivity contribution is 0.116. The summed E-state index contributed by atoms with van der Waals surface area (Å²) in [6, 6.07) is 17.8. The molecule has 1 aromatic heterocycles. The van der Waals surface area contributed by atoms with E-state index in [-0.39, 0.29) is 24.1 Å². The first-order valence-corrected chi connectivity index (χ1v) is 12.8. The van der Waals surface area contributed by atoms with Crippen LogP contribution in [0.15, 0.2) is 59.0 Å². The Morgan fingerprint density at radius 3 is 2.37 bits per heavy atom. The fourth-order valence-corrected chi connectivity index (χ4v) is 5.44. The van der Waals surface area contributed by atoms with Crippen molar-refractivity contribution in [2.45, 2.75) is 25.8 Å². The minimum atomic E-state index is -3.66. The molecule has 11 heteroatoms. The van der Waals surface area contributed by atoms with Gasteiger partial charge < -0.3 is 9.32 Å². The van der Waals surface area contributed by atoms with Crippen LogP contribution < -0.4 is 4.31 Å². The minimum absolute atomic E-state index is 0.0282. The predicted octanol–water partition coefficient (Wildman–Crippen LogP) is 4.25. The van der Waals surface area contributed by atoms with E-state index in [2.05, 4.69) is 21.2 Å². The Morgan fingerprint density at radius 1 is 1.09 bits per heavy atom. The number of nitrogens with zero attached hydrogens (tertiary/aromatic N) is 5. The maximum atomic E-state index is 13.4. The highest BCUT2D eigenvalue weighted by molar-refractivity contribution is 7.92. The smallest absolute Gasteiger partial charge is 0.314 e. The zero-order valence-corrected chi connectivity index (χ0v) is 19.7. The molecule has 35 heavy (non-hydrogen) atoms. The number of anilines is 1. The Bertz CT molecular complexity index is 1250. The summed E-state index contributed by atoms with van der Waals surface area (Å²) in [5.74, 6) is -0.780. The van der Waals surface area contributed by atoms with E-state index in [1.165, 1.54) is 4.31 Å². The summed E-state index contributed by atoms with van der Waals surface area (Å²) in [4.78, 5) is 2.08. The molecule has 0 unspecified atom stereocenters. The van der Waals surface area contributed by atoms with E-state index >= 15 is 0 Å². The number of halogens is 2. The van der Waals surface area contributed by atoms with Crippen molar-refractivity contribution in [2.75, 3.05) is 29.7 Å². The summed E-state index contributed by atoms with van der Waals surface area (Å²) in [7, 11) is -3.66. The number of nitriles is 1. The van der Waals surface area contributed by atoms with Crippen molar-refractivity contribution in [1.29, 1.82) is 5.26 Å². The van der Waals surface area contributed by atoms with Gasteiger partial charge in [-0.1, -0.05) is 30.3 Å². The lowest BCUT2D eigenvalue weighted by Gasteiger charge is -2.30. The normalized spacial score (nSPS) is 15.3. The fraction of sp³-hybridized carbons (Fsp3) is 0.375. The zero-order valence-electron chi connectivity index (χ0n) is 18.9. The number of piperidine rings is 1. The van der Waals surface area contributed by atoms with Crippen LogP contribution in [-0.4, -0.2) is 48.9 Å². The van der Waals surface area contributed by atoms with Crippen molar-refractivity contribution in [2.24, 2.45) is 5.92 Å². The van der Waals surface area contributed by atoms with Crippen molar-refractivity contribution >= 4 is 15.7 Å².